The van der Waals surface area contributed by atoms with Crippen LogP contribution in [0.25, 0.3) is 10.9 Å². The average Bonchev–Trinajstić information content (AvgIpc) is 2.82. The SMILES string of the molecule is CC1CCCCN1C(C)CCn1nc(N)c2ccccc21. The second-order valence-corrected chi connectivity index (χ2v) is 6.35. The maximum atomic E-state index is 6.01. The highest BCUT2D eigenvalue weighted by atomic mass is 15.3. The van der Waals surface area contributed by atoms with E-state index in [0.717, 1.165) is 23.9 Å². The second kappa shape index (κ2) is 6.06. The molecule has 2 N–H and O–H groups in total. The Morgan fingerprint density at radius 1 is 1.33 bits per heavy atom. The number of anilines is 1. The first-order valence-corrected chi connectivity index (χ1v) is 8.13. The third-order valence-electron chi connectivity index (χ3n) is 4.87. The smallest absolute Gasteiger partial charge is 0.153 e. The molecule has 3 rings (SSSR count). The molecule has 1 aromatic carbocycles. The molecule has 2 atom stereocenters. The van der Waals surface area contributed by atoms with Crippen molar-refractivity contribution in [2.75, 3.05) is 12.3 Å². The van der Waals surface area contributed by atoms with Crippen molar-refractivity contribution in [3.63, 3.8) is 0 Å². The molecule has 1 fully saturated rings. The fourth-order valence-corrected chi connectivity index (χ4v) is 3.57. The Balaban J connectivity index is 1.68. The van der Waals surface area contributed by atoms with Crippen molar-refractivity contribution in [3.8, 4) is 0 Å². The average molecular weight is 286 g/mol. The van der Waals surface area contributed by atoms with Crippen LogP contribution in [-0.4, -0.2) is 33.3 Å². The van der Waals surface area contributed by atoms with Crippen molar-refractivity contribution < 1.29 is 0 Å². The summed E-state index contributed by atoms with van der Waals surface area (Å²) >= 11 is 0. The number of para-hydroxylation sites is 1. The van der Waals surface area contributed by atoms with E-state index in [-0.39, 0.29) is 0 Å². The van der Waals surface area contributed by atoms with Gasteiger partial charge in [0.15, 0.2) is 5.82 Å². The van der Waals surface area contributed by atoms with Gasteiger partial charge in [-0.2, -0.15) is 5.10 Å². The Hall–Kier alpha value is -1.55. The number of rotatable bonds is 4. The molecule has 114 valence electrons. The first kappa shape index (κ1) is 14.4. The molecule has 1 aromatic heterocycles. The Bertz CT molecular complexity index is 604. The molecule has 0 bridgehead atoms. The van der Waals surface area contributed by atoms with Gasteiger partial charge in [-0.3, -0.25) is 9.58 Å². The molecule has 0 amide bonds. The van der Waals surface area contributed by atoms with Gasteiger partial charge < -0.3 is 5.73 Å². The van der Waals surface area contributed by atoms with E-state index < -0.39 is 0 Å². The van der Waals surface area contributed by atoms with Crippen LogP contribution in [0, 0.1) is 0 Å². The molecule has 4 heteroatoms. The van der Waals surface area contributed by atoms with Gasteiger partial charge in [0.2, 0.25) is 0 Å². The number of benzene rings is 1. The molecular formula is C17H26N4. The lowest BCUT2D eigenvalue weighted by atomic mass is 10.0. The summed E-state index contributed by atoms with van der Waals surface area (Å²) in [6.07, 6.45) is 5.18. The van der Waals surface area contributed by atoms with Gasteiger partial charge in [-0.25, -0.2) is 0 Å². The summed E-state index contributed by atoms with van der Waals surface area (Å²) in [5, 5.41) is 5.57. The summed E-state index contributed by atoms with van der Waals surface area (Å²) in [5.74, 6) is 0.643. The number of nitrogen functional groups attached to an aromatic ring is 1. The van der Waals surface area contributed by atoms with Crippen LogP contribution in [0.2, 0.25) is 0 Å². The van der Waals surface area contributed by atoms with Crippen LogP contribution in [-0.2, 0) is 6.54 Å². The zero-order chi connectivity index (χ0) is 14.8. The standard InChI is InChI=1S/C17H26N4/c1-13-7-5-6-11-20(13)14(2)10-12-21-16-9-4-3-8-15(16)17(18)19-21/h3-4,8-9,13-14H,5-7,10-12H2,1-2H3,(H2,18,19). The lowest BCUT2D eigenvalue weighted by Crippen LogP contribution is -2.43. The lowest BCUT2D eigenvalue weighted by molar-refractivity contribution is 0.106. The van der Waals surface area contributed by atoms with Gasteiger partial charge in [0.1, 0.15) is 0 Å². The van der Waals surface area contributed by atoms with E-state index in [1.54, 1.807) is 0 Å². The van der Waals surface area contributed by atoms with E-state index in [1.807, 2.05) is 12.1 Å². The molecule has 0 spiro atoms. The molecule has 21 heavy (non-hydrogen) atoms. The number of hydrogen-bond acceptors (Lipinski definition) is 3. The van der Waals surface area contributed by atoms with E-state index in [2.05, 4.69) is 40.7 Å². The van der Waals surface area contributed by atoms with Crippen LogP contribution in [0.1, 0.15) is 39.5 Å². The first-order chi connectivity index (χ1) is 10.2. The topological polar surface area (TPSA) is 47.1 Å². The monoisotopic (exact) mass is 286 g/mol. The van der Waals surface area contributed by atoms with Crippen LogP contribution >= 0.6 is 0 Å². The zero-order valence-electron chi connectivity index (χ0n) is 13.1. The molecule has 0 saturated carbocycles. The zero-order valence-corrected chi connectivity index (χ0v) is 13.1. The van der Waals surface area contributed by atoms with Gasteiger partial charge in [0.25, 0.3) is 0 Å². The summed E-state index contributed by atoms with van der Waals surface area (Å²) < 4.78 is 2.07. The molecular weight excluding hydrogens is 260 g/mol. The van der Waals surface area contributed by atoms with Crippen LogP contribution in [0.4, 0.5) is 5.82 Å². The number of aromatic nitrogens is 2. The fourth-order valence-electron chi connectivity index (χ4n) is 3.57. The second-order valence-electron chi connectivity index (χ2n) is 6.35. The molecule has 0 radical (unpaired) electrons. The number of nitrogens with zero attached hydrogens (tertiary/aromatic N) is 3. The molecule has 1 saturated heterocycles. The third kappa shape index (κ3) is 2.91. The maximum Gasteiger partial charge on any atom is 0.153 e. The van der Waals surface area contributed by atoms with Gasteiger partial charge in [0, 0.05) is 24.0 Å². The van der Waals surface area contributed by atoms with Crippen molar-refractivity contribution in [1.82, 2.24) is 14.7 Å². The van der Waals surface area contributed by atoms with Gasteiger partial charge >= 0.3 is 0 Å². The highest BCUT2D eigenvalue weighted by Crippen LogP contribution is 2.23. The Morgan fingerprint density at radius 2 is 2.14 bits per heavy atom. The minimum Gasteiger partial charge on any atom is -0.382 e. The van der Waals surface area contributed by atoms with Crippen molar-refractivity contribution in [3.05, 3.63) is 24.3 Å². The normalized spacial score (nSPS) is 21.7. The maximum absolute atomic E-state index is 6.01. The summed E-state index contributed by atoms with van der Waals surface area (Å²) in [5.41, 5.74) is 7.15. The summed E-state index contributed by atoms with van der Waals surface area (Å²) in [6, 6.07) is 9.54. The number of fused-ring (bicyclic) bond motifs is 1. The highest BCUT2D eigenvalue weighted by Gasteiger charge is 2.23. The van der Waals surface area contributed by atoms with Crippen molar-refractivity contribution in [1.29, 1.82) is 0 Å². The summed E-state index contributed by atoms with van der Waals surface area (Å²) in [4.78, 5) is 2.65. The molecule has 2 unspecified atom stereocenters. The molecule has 2 heterocycles. The summed E-state index contributed by atoms with van der Waals surface area (Å²) in [6.45, 7) is 6.88. The van der Waals surface area contributed by atoms with Gasteiger partial charge in [0.05, 0.1) is 5.52 Å². The van der Waals surface area contributed by atoms with E-state index in [1.165, 1.54) is 25.8 Å². The van der Waals surface area contributed by atoms with Gasteiger partial charge in [-0.05, 0) is 51.8 Å². The molecule has 0 aliphatic carbocycles. The highest BCUT2D eigenvalue weighted by molar-refractivity contribution is 5.88. The predicted octanol–water partition coefficient (Wildman–Crippen LogP) is 3.27. The van der Waals surface area contributed by atoms with Crippen molar-refractivity contribution in [2.45, 2.75) is 58.2 Å². The van der Waals surface area contributed by atoms with Crippen molar-refractivity contribution in [2.24, 2.45) is 0 Å². The molecule has 1 aliphatic heterocycles. The predicted molar refractivity (Wildman–Crippen MR) is 88.2 cm³/mol. The number of likely N-dealkylation sites (tertiary alicyclic amines) is 1. The molecule has 1 aliphatic rings. The number of piperidine rings is 1. The quantitative estimate of drug-likeness (QED) is 0.938. The lowest BCUT2D eigenvalue weighted by Gasteiger charge is -2.38. The molecule has 2 aromatic rings. The minimum absolute atomic E-state index is 0.601. The van der Waals surface area contributed by atoms with E-state index >= 15 is 0 Å². The van der Waals surface area contributed by atoms with Crippen LogP contribution in [0.15, 0.2) is 24.3 Å². The van der Waals surface area contributed by atoms with Gasteiger partial charge in [-0.15, -0.1) is 0 Å². The Labute approximate surface area is 126 Å². The largest absolute Gasteiger partial charge is 0.382 e. The van der Waals surface area contributed by atoms with E-state index in [9.17, 15) is 0 Å². The van der Waals surface area contributed by atoms with E-state index in [0.29, 0.717) is 17.9 Å². The van der Waals surface area contributed by atoms with Crippen LogP contribution in [0.3, 0.4) is 0 Å². The molecule has 4 nitrogen and oxygen atoms in total. The van der Waals surface area contributed by atoms with Gasteiger partial charge in [-0.1, -0.05) is 18.6 Å². The van der Waals surface area contributed by atoms with Crippen LogP contribution < -0.4 is 5.73 Å². The minimum atomic E-state index is 0.601. The van der Waals surface area contributed by atoms with Crippen LogP contribution in [0.5, 0.6) is 0 Å². The van der Waals surface area contributed by atoms with Crippen molar-refractivity contribution >= 4 is 16.7 Å². The Morgan fingerprint density at radius 3 is 2.95 bits per heavy atom. The number of nitrogens with two attached hydrogens (primary N) is 1. The number of aryl methyl sites for hydroxylation is 1. The Kier molecular flexibility index (Phi) is 4.15. The fraction of sp³-hybridized carbons (Fsp3) is 0.588. The third-order valence-corrected chi connectivity index (χ3v) is 4.87. The number of hydrogen-bond donors (Lipinski definition) is 1. The summed E-state index contributed by atoms with van der Waals surface area (Å²) in [7, 11) is 0. The first-order valence-electron chi connectivity index (χ1n) is 8.13. The van der Waals surface area contributed by atoms with E-state index in [4.69, 9.17) is 5.73 Å².